The Labute approximate surface area is 127 Å². The van der Waals surface area contributed by atoms with Crippen LogP contribution in [0.2, 0.25) is 0 Å². The van der Waals surface area contributed by atoms with Crippen LogP contribution in [0.4, 0.5) is 5.69 Å². The summed E-state index contributed by atoms with van der Waals surface area (Å²) in [5, 5.41) is 10.9. The van der Waals surface area contributed by atoms with E-state index in [1.807, 2.05) is 0 Å². The maximum Gasteiger partial charge on any atom is 0.326 e. The molecular weight excluding hydrogens is 312 g/mol. The van der Waals surface area contributed by atoms with Gasteiger partial charge in [-0.1, -0.05) is 12.1 Å². The summed E-state index contributed by atoms with van der Waals surface area (Å²) in [5.41, 5.74) is -1.24. The zero-order chi connectivity index (χ0) is 16.7. The van der Waals surface area contributed by atoms with E-state index in [-0.39, 0.29) is 6.54 Å². The summed E-state index contributed by atoms with van der Waals surface area (Å²) in [4.78, 5) is 21.6. The van der Waals surface area contributed by atoms with E-state index >= 15 is 0 Å². The number of rotatable bonds is 4. The number of para-hydroxylation sites is 1. The molecule has 0 aliphatic carbocycles. The highest BCUT2D eigenvalue weighted by molar-refractivity contribution is 7.89. The fraction of sp³-hybridized carbons (Fsp3) is 0.462. The van der Waals surface area contributed by atoms with Crippen LogP contribution < -0.4 is 0 Å². The summed E-state index contributed by atoms with van der Waals surface area (Å²) in [7, 11) is -4.10. The molecule has 1 aliphatic heterocycles. The lowest BCUT2D eigenvalue weighted by atomic mass is 10.2. The number of hydrogen-bond donors (Lipinski definition) is 0. The van der Waals surface area contributed by atoms with Crippen LogP contribution in [0.25, 0.3) is 0 Å². The molecule has 2 rings (SSSR count). The zero-order valence-corrected chi connectivity index (χ0v) is 13.2. The van der Waals surface area contributed by atoms with Crippen molar-refractivity contribution < 1.29 is 22.9 Å². The quantitative estimate of drug-likeness (QED) is 0.357. The molecule has 0 aromatic heterocycles. The second-order valence-electron chi connectivity index (χ2n) is 5.85. The second-order valence-corrected chi connectivity index (χ2v) is 7.71. The van der Waals surface area contributed by atoms with Gasteiger partial charge in [0, 0.05) is 12.6 Å². The summed E-state index contributed by atoms with van der Waals surface area (Å²) in [6.45, 7) is 4.99. The van der Waals surface area contributed by atoms with E-state index < -0.39 is 43.1 Å². The van der Waals surface area contributed by atoms with Gasteiger partial charge in [0.15, 0.2) is 4.90 Å². The van der Waals surface area contributed by atoms with Gasteiger partial charge >= 0.3 is 5.97 Å². The summed E-state index contributed by atoms with van der Waals surface area (Å²) in [5.74, 6) is -0.658. The van der Waals surface area contributed by atoms with Gasteiger partial charge in [-0.25, -0.2) is 8.42 Å². The molecule has 8 nitrogen and oxygen atoms in total. The average Bonchev–Trinajstić information content (AvgIpc) is 3.17. The van der Waals surface area contributed by atoms with Crippen LogP contribution in [0.15, 0.2) is 29.2 Å². The lowest BCUT2D eigenvalue weighted by Gasteiger charge is -2.19. The third-order valence-electron chi connectivity index (χ3n) is 2.89. The molecule has 1 heterocycles. The highest BCUT2D eigenvalue weighted by atomic mass is 32.2. The Balaban J connectivity index is 2.24. The fourth-order valence-electron chi connectivity index (χ4n) is 1.90. The molecule has 1 aliphatic rings. The first-order chi connectivity index (χ1) is 10.0. The van der Waals surface area contributed by atoms with E-state index in [0.29, 0.717) is 0 Å². The van der Waals surface area contributed by atoms with Gasteiger partial charge in [-0.05, 0) is 26.8 Å². The van der Waals surface area contributed by atoms with Crippen LogP contribution >= 0.6 is 0 Å². The van der Waals surface area contributed by atoms with Crippen molar-refractivity contribution in [1.29, 1.82) is 0 Å². The van der Waals surface area contributed by atoms with Gasteiger partial charge in [0.1, 0.15) is 11.6 Å². The van der Waals surface area contributed by atoms with Crippen molar-refractivity contribution in [3.05, 3.63) is 34.4 Å². The summed E-state index contributed by atoms with van der Waals surface area (Å²) in [6, 6.07) is 4.11. The van der Waals surface area contributed by atoms with E-state index in [1.54, 1.807) is 20.8 Å². The van der Waals surface area contributed by atoms with Crippen LogP contribution in [0.3, 0.4) is 0 Å². The number of nitro benzene ring substituents is 1. The number of hydrogen-bond acceptors (Lipinski definition) is 6. The number of sulfonamides is 1. The minimum atomic E-state index is -4.10. The lowest BCUT2D eigenvalue weighted by Crippen LogP contribution is -2.29. The van der Waals surface area contributed by atoms with E-state index in [0.717, 1.165) is 16.4 Å². The first-order valence-corrected chi connectivity index (χ1v) is 7.96. The van der Waals surface area contributed by atoms with Gasteiger partial charge in [0.2, 0.25) is 0 Å². The Morgan fingerprint density at radius 1 is 1.36 bits per heavy atom. The number of carbonyl (C=O) groups excluding carboxylic acids is 1. The molecule has 1 aromatic rings. The number of carbonyl (C=O) groups is 1. The third-order valence-corrected chi connectivity index (χ3v) is 4.82. The number of esters is 1. The molecule has 22 heavy (non-hydrogen) atoms. The van der Waals surface area contributed by atoms with Crippen molar-refractivity contribution in [2.45, 2.75) is 37.3 Å². The van der Waals surface area contributed by atoms with Crippen molar-refractivity contribution in [3.8, 4) is 0 Å². The molecule has 0 bridgehead atoms. The van der Waals surface area contributed by atoms with Crippen LogP contribution in [-0.2, 0) is 19.6 Å². The van der Waals surface area contributed by atoms with E-state index in [4.69, 9.17) is 4.74 Å². The maximum absolute atomic E-state index is 12.4. The van der Waals surface area contributed by atoms with Crippen LogP contribution in [0.1, 0.15) is 20.8 Å². The topological polar surface area (TPSA) is 107 Å². The van der Waals surface area contributed by atoms with Gasteiger partial charge in [-0.15, -0.1) is 0 Å². The monoisotopic (exact) mass is 328 g/mol. The highest BCUT2D eigenvalue weighted by Gasteiger charge is 2.52. The SMILES string of the molecule is CC(C)(C)OC(=O)[C@@H]1CN1S(=O)(=O)c1ccccc1[N+](=O)[O-]. The molecule has 2 atom stereocenters. The highest BCUT2D eigenvalue weighted by Crippen LogP contribution is 2.34. The predicted molar refractivity (Wildman–Crippen MR) is 76.6 cm³/mol. The smallest absolute Gasteiger partial charge is 0.326 e. The number of nitrogens with zero attached hydrogens (tertiary/aromatic N) is 2. The van der Waals surface area contributed by atoms with Gasteiger partial charge in [0.05, 0.1) is 4.92 Å². The molecule has 0 radical (unpaired) electrons. The number of benzene rings is 1. The van der Waals surface area contributed by atoms with E-state index in [9.17, 15) is 23.3 Å². The molecule has 1 saturated heterocycles. The molecule has 0 amide bonds. The Bertz CT molecular complexity index is 722. The zero-order valence-electron chi connectivity index (χ0n) is 12.3. The third kappa shape index (κ3) is 3.25. The minimum Gasteiger partial charge on any atom is -0.459 e. The first-order valence-electron chi connectivity index (χ1n) is 6.52. The summed E-state index contributed by atoms with van der Waals surface area (Å²) in [6.07, 6.45) is 0. The Morgan fingerprint density at radius 3 is 2.50 bits per heavy atom. The van der Waals surface area contributed by atoms with E-state index in [2.05, 4.69) is 0 Å². The summed E-state index contributed by atoms with van der Waals surface area (Å²) < 4.78 is 30.8. The average molecular weight is 328 g/mol. The van der Waals surface area contributed by atoms with Crippen LogP contribution in [0.5, 0.6) is 0 Å². The Kier molecular flexibility index (Phi) is 3.96. The predicted octanol–water partition coefficient (Wildman–Crippen LogP) is 1.31. The van der Waals surface area contributed by atoms with Crippen LogP contribution in [0, 0.1) is 10.1 Å². The standard InChI is InChI=1S/C13H16N2O6S/c1-13(2,3)21-12(16)10-8-14(10)22(19,20)11-7-5-4-6-9(11)15(17)18/h4-7,10H,8H2,1-3H3/t10-,14?/m0/s1. The molecular formula is C13H16N2O6S. The minimum absolute atomic E-state index is 0.0384. The second kappa shape index (κ2) is 5.33. The largest absolute Gasteiger partial charge is 0.459 e. The molecule has 0 saturated carbocycles. The normalized spacial score (nSPS) is 21.2. The molecule has 0 N–H and O–H groups in total. The first kappa shape index (κ1) is 16.4. The van der Waals surface area contributed by atoms with E-state index in [1.165, 1.54) is 12.1 Å². The maximum atomic E-state index is 12.4. The molecule has 9 heteroatoms. The van der Waals surface area contributed by atoms with Gasteiger partial charge < -0.3 is 4.74 Å². The molecule has 120 valence electrons. The number of nitro groups is 1. The van der Waals surface area contributed by atoms with Crippen molar-refractivity contribution in [2.75, 3.05) is 6.54 Å². The van der Waals surface area contributed by atoms with Crippen molar-refractivity contribution in [2.24, 2.45) is 0 Å². The molecule has 0 spiro atoms. The number of ether oxygens (including phenoxy) is 1. The van der Waals surface area contributed by atoms with Gasteiger partial charge in [-0.3, -0.25) is 14.9 Å². The van der Waals surface area contributed by atoms with Crippen molar-refractivity contribution >= 4 is 21.7 Å². The van der Waals surface area contributed by atoms with Crippen LogP contribution in [-0.4, -0.2) is 41.8 Å². The van der Waals surface area contributed by atoms with Crippen molar-refractivity contribution in [3.63, 3.8) is 0 Å². The Hall–Kier alpha value is -2.00. The van der Waals surface area contributed by atoms with Gasteiger partial charge in [0.25, 0.3) is 15.7 Å². The summed E-state index contributed by atoms with van der Waals surface area (Å²) >= 11 is 0. The van der Waals surface area contributed by atoms with Crippen molar-refractivity contribution in [1.82, 2.24) is 4.31 Å². The molecule has 1 fully saturated rings. The fourth-order valence-corrected chi connectivity index (χ4v) is 3.57. The molecule has 1 unspecified atom stereocenters. The lowest BCUT2D eigenvalue weighted by molar-refractivity contribution is -0.387. The molecule has 1 aromatic carbocycles. The van der Waals surface area contributed by atoms with Gasteiger partial charge in [-0.2, -0.15) is 4.31 Å². The Morgan fingerprint density at radius 2 is 1.95 bits per heavy atom.